The molecule has 2 amide bonds. The van der Waals surface area contributed by atoms with E-state index < -0.39 is 6.09 Å². The molecule has 0 spiro atoms. The number of nitrogens with two attached hydrogens (primary N) is 1. The average molecular weight is 592 g/mol. The van der Waals surface area contributed by atoms with Gasteiger partial charge in [0, 0.05) is 42.6 Å². The third kappa shape index (κ3) is 5.32. The Bertz CT molecular complexity index is 1670. The lowest BCUT2D eigenvalue weighted by Gasteiger charge is -2.22. The van der Waals surface area contributed by atoms with Crippen molar-refractivity contribution in [3.63, 3.8) is 0 Å². The predicted molar refractivity (Wildman–Crippen MR) is 173 cm³/mol. The Hall–Kier alpha value is -4.98. The lowest BCUT2D eigenvalue weighted by atomic mass is 9.98. The third-order valence-electron chi connectivity index (χ3n) is 8.52. The number of unbranched alkanes of at least 4 members (excludes halogenated alkanes) is 1. The molecule has 1 aliphatic carbocycles. The maximum absolute atomic E-state index is 13.6. The number of rotatable bonds is 9. The van der Waals surface area contributed by atoms with Crippen LogP contribution in [0, 0.1) is 0 Å². The molecular formula is C36H37N3O5. The summed E-state index contributed by atoms with van der Waals surface area (Å²) in [5, 5.41) is 0. The maximum atomic E-state index is 13.6. The Morgan fingerprint density at radius 3 is 2.34 bits per heavy atom. The summed E-state index contributed by atoms with van der Waals surface area (Å²) in [6, 6.07) is 25.5. The zero-order valence-electron chi connectivity index (χ0n) is 25.3. The van der Waals surface area contributed by atoms with Crippen molar-refractivity contribution in [2.45, 2.75) is 32.1 Å². The number of carbonyl (C=O) groups excluding carboxylic acids is 2. The highest BCUT2D eigenvalue weighted by molar-refractivity contribution is 6.11. The van der Waals surface area contributed by atoms with E-state index in [1.165, 1.54) is 27.2 Å². The SMILES string of the molecule is CCCCOc1cc(N)c(C(=O)N2CCc3cc(N(C)C(=O)OCC4c5ccccc5-c5ccccc54)ccc32)cc1OC. The lowest BCUT2D eigenvalue weighted by molar-refractivity contribution is 0.0989. The Kier molecular flexibility index (Phi) is 8.15. The van der Waals surface area contributed by atoms with Gasteiger partial charge in [0.2, 0.25) is 0 Å². The smallest absolute Gasteiger partial charge is 0.414 e. The minimum atomic E-state index is -0.432. The molecule has 44 heavy (non-hydrogen) atoms. The van der Waals surface area contributed by atoms with Crippen molar-refractivity contribution in [3.05, 3.63) is 101 Å². The molecule has 0 fully saturated rings. The number of hydrogen-bond acceptors (Lipinski definition) is 6. The van der Waals surface area contributed by atoms with Gasteiger partial charge in [-0.25, -0.2) is 4.79 Å². The Labute approximate surface area is 257 Å². The van der Waals surface area contributed by atoms with E-state index in [4.69, 9.17) is 19.9 Å². The second-order valence-electron chi connectivity index (χ2n) is 11.2. The maximum Gasteiger partial charge on any atom is 0.414 e. The van der Waals surface area contributed by atoms with Crippen LogP contribution in [0.25, 0.3) is 11.1 Å². The number of anilines is 3. The van der Waals surface area contributed by atoms with E-state index >= 15 is 0 Å². The van der Waals surface area contributed by atoms with Gasteiger partial charge in [-0.15, -0.1) is 0 Å². The fraction of sp³-hybridized carbons (Fsp3) is 0.278. The van der Waals surface area contributed by atoms with E-state index in [1.807, 2.05) is 42.5 Å². The molecule has 6 rings (SSSR count). The zero-order valence-corrected chi connectivity index (χ0v) is 25.3. The van der Waals surface area contributed by atoms with Crippen LogP contribution < -0.4 is 25.0 Å². The van der Waals surface area contributed by atoms with Crippen LogP contribution in [0.1, 0.15) is 52.7 Å². The molecule has 0 saturated heterocycles. The van der Waals surface area contributed by atoms with Gasteiger partial charge in [-0.1, -0.05) is 61.9 Å². The minimum Gasteiger partial charge on any atom is -0.493 e. The number of amides is 2. The number of carbonyl (C=O) groups is 2. The second kappa shape index (κ2) is 12.3. The van der Waals surface area contributed by atoms with Crippen LogP contribution in [-0.2, 0) is 11.2 Å². The number of nitrogens with zero attached hydrogens (tertiary/aromatic N) is 2. The van der Waals surface area contributed by atoms with Crippen molar-refractivity contribution < 1.29 is 23.8 Å². The number of nitrogen functional groups attached to an aromatic ring is 1. The molecule has 4 aromatic carbocycles. The van der Waals surface area contributed by atoms with Gasteiger partial charge in [-0.2, -0.15) is 0 Å². The number of ether oxygens (including phenoxy) is 3. The average Bonchev–Trinajstić information content (AvgIpc) is 3.62. The standard InChI is InChI=1S/C36H37N3O5/c1-4-5-18-43-34-21-31(37)29(20-33(34)42-3)35(40)39-17-16-23-19-24(14-15-32(23)39)38(2)36(41)44-22-30-27-12-8-6-10-25(27)26-11-7-9-13-28(26)30/h6-15,19-21,30H,4-5,16-18,22,37H2,1-3H3. The van der Waals surface area contributed by atoms with Crippen LogP contribution in [0.5, 0.6) is 11.5 Å². The summed E-state index contributed by atoms with van der Waals surface area (Å²) in [5.74, 6) is 0.774. The quantitative estimate of drug-likeness (QED) is 0.166. The molecule has 8 nitrogen and oxygen atoms in total. The van der Waals surface area contributed by atoms with Crippen molar-refractivity contribution in [2.75, 3.05) is 49.4 Å². The highest BCUT2D eigenvalue weighted by Gasteiger charge is 2.31. The first kappa shape index (κ1) is 29.1. The van der Waals surface area contributed by atoms with E-state index in [2.05, 4.69) is 31.2 Å². The van der Waals surface area contributed by atoms with Crippen molar-refractivity contribution in [2.24, 2.45) is 0 Å². The van der Waals surface area contributed by atoms with Gasteiger partial charge in [0.15, 0.2) is 11.5 Å². The summed E-state index contributed by atoms with van der Waals surface area (Å²) in [4.78, 5) is 30.1. The van der Waals surface area contributed by atoms with Crippen LogP contribution in [-0.4, -0.2) is 45.9 Å². The van der Waals surface area contributed by atoms with Crippen molar-refractivity contribution in [3.8, 4) is 22.6 Å². The molecule has 0 bridgehead atoms. The van der Waals surface area contributed by atoms with Crippen molar-refractivity contribution in [1.82, 2.24) is 0 Å². The van der Waals surface area contributed by atoms with Crippen LogP contribution >= 0.6 is 0 Å². The minimum absolute atomic E-state index is 0.0117. The van der Waals surface area contributed by atoms with E-state index in [1.54, 1.807) is 31.2 Å². The molecule has 0 radical (unpaired) electrons. The molecule has 0 atom stereocenters. The summed E-state index contributed by atoms with van der Waals surface area (Å²) in [6.45, 7) is 3.39. The monoisotopic (exact) mass is 591 g/mol. The van der Waals surface area contributed by atoms with Gasteiger partial charge in [0.1, 0.15) is 6.61 Å². The molecule has 0 unspecified atom stereocenters. The van der Waals surface area contributed by atoms with Gasteiger partial charge in [-0.3, -0.25) is 9.69 Å². The van der Waals surface area contributed by atoms with Gasteiger partial charge in [0.25, 0.3) is 5.91 Å². The van der Waals surface area contributed by atoms with Crippen LogP contribution in [0.4, 0.5) is 21.9 Å². The van der Waals surface area contributed by atoms with E-state index in [0.717, 1.165) is 24.1 Å². The zero-order chi connectivity index (χ0) is 30.8. The van der Waals surface area contributed by atoms with Crippen molar-refractivity contribution >= 4 is 29.1 Å². The molecule has 2 N–H and O–H groups in total. The number of fused-ring (bicyclic) bond motifs is 4. The Morgan fingerprint density at radius 1 is 0.955 bits per heavy atom. The highest BCUT2D eigenvalue weighted by Crippen LogP contribution is 2.44. The second-order valence-corrected chi connectivity index (χ2v) is 11.2. The van der Waals surface area contributed by atoms with E-state index in [-0.39, 0.29) is 18.4 Å². The summed E-state index contributed by atoms with van der Waals surface area (Å²) >= 11 is 0. The molecule has 4 aromatic rings. The lowest BCUT2D eigenvalue weighted by Crippen LogP contribution is -2.30. The molecule has 1 aliphatic heterocycles. The largest absolute Gasteiger partial charge is 0.493 e. The molecule has 2 aliphatic rings. The van der Waals surface area contributed by atoms with Crippen LogP contribution in [0.2, 0.25) is 0 Å². The fourth-order valence-corrected chi connectivity index (χ4v) is 6.11. The van der Waals surface area contributed by atoms with Gasteiger partial charge in [0.05, 0.1) is 19.3 Å². The fourth-order valence-electron chi connectivity index (χ4n) is 6.11. The predicted octanol–water partition coefficient (Wildman–Crippen LogP) is 7.04. The normalized spacial score (nSPS) is 13.2. The van der Waals surface area contributed by atoms with Crippen LogP contribution in [0.15, 0.2) is 78.9 Å². The van der Waals surface area contributed by atoms with Gasteiger partial charge < -0.3 is 24.8 Å². The molecular weight excluding hydrogens is 554 g/mol. The first-order valence-electron chi connectivity index (χ1n) is 15.0. The summed E-state index contributed by atoms with van der Waals surface area (Å²) in [7, 11) is 3.25. The number of benzene rings is 4. The number of methoxy groups -OCH3 is 1. The van der Waals surface area contributed by atoms with Gasteiger partial charge >= 0.3 is 6.09 Å². The summed E-state index contributed by atoms with van der Waals surface area (Å²) < 4.78 is 17.2. The molecule has 226 valence electrons. The first-order valence-corrected chi connectivity index (χ1v) is 15.0. The first-order chi connectivity index (χ1) is 21.4. The third-order valence-corrected chi connectivity index (χ3v) is 8.52. The molecule has 0 saturated carbocycles. The van der Waals surface area contributed by atoms with Crippen LogP contribution in [0.3, 0.4) is 0 Å². The van der Waals surface area contributed by atoms with Gasteiger partial charge in [-0.05, 0) is 64.9 Å². The summed E-state index contributed by atoms with van der Waals surface area (Å²) in [6.07, 6.45) is 2.14. The molecule has 8 heteroatoms. The number of hydrogen-bond donors (Lipinski definition) is 1. The molecule has 1 heterocycles. The Balaban J connectivity index is 1.15. The van der Waals surface area contributed by atoms with E-state index in [0.29, 0.717) is 48.0 Å². The summed E-state index contributed by atoms with van der Waals surface area (Å²) in [5.41, 5.74) is 14.2. The van der Waals surface area contributed by atoms with Crippen molar-refractivity contribution in [1.29, 1.82) is 0 Å². The Morgan fingerprint density at radius 2 is 1.66 bits per heavy atom. The topological polar surface area (TPSA) is 94.3 Å². The highest BCUT2D eigenvalue weighted by atomic mass is 16.6. The van der Waals surface area contributed by atoms with E-state index in [9.17, 15) is 9.59 Å². The molecule has 0 aromatic heterocycles.